The van der Waals surface area contributed by atoms with Gasteiger partial charge in [0.15, 0.2) is 15.6 Å². The van der Waals surface area contributed by atoms with Crippen molar-refractivity contribution >= 4 is 31.5 Å². The number of anilines is 1. The summed E-state index contributed by atoms with van der Waals surface area (Å²) in [5.74, 6) is -2.43. The van der Waals surface area contributed by atoms with Crippen molar-refractivity contribution in [3.63, 3.8) is 0 Å². The van der Waals surface area contributed by atoms with Crippen molar-refractivity contribution in [2.75, 3.05) is 31.7 Å². The zero-order chi connectivity index (χ0) is 27.5. The van der Waals surface area contributed by atoms with Gasteiger partial charge in [0.1, 0.15) is 4.90 Å². The fraction of sp³-hybridized carbons (Fsp3) is 0.474. The third-order valence-corrected chi connectivity index (χ3v) is 7.39. The van der Waals surface area contributed by atoms with Crippen LogP contribution in [0.5, 0.6) is 0 Å². The third kappa shape index (κ3) is 8.16. The number of hydrogen-bond acceptors (Lipinski definition) is 10. The van der Waals surface area contributed by atoms with E-state index in [2.05, 4.69) is 15.2 Å². The number of nitrogens with one attached hydrogen (secondary N) is 2. The maximum atomic E-state index is 13.0. The second kappa shape index (κ2) is 11.1. The summed E-state index contributed by atoms with van der Waals surface area (Å²) in [4.78, 5) is 10.5. The van der Waals surface area contributed by atoms with Crippen LogP contribution in [-0.2, 0) is 31.2 Å². The number of carbonyl (C=O) groups is 1. The molecule has 202 valence electrons. The molecule has 12 nitrogen and oxygen atoms in total. The smallest absolute Gasteiger partial charge is 0.475 e. The largest absolute Gasteiger partial charge is 0.490 e. The van der Waals surface area contributed by atoms with Gasteiger partial charge in [-0.1, -0.05) is 5.16 Å². The number of carboxylic acids is 1. The molecule has 2 aromatic rings. The van der Waals surface area contributed by atoms with E-state index in [9.17, 15) is 35.1 Å². The van der Waals surface area contributed by atoms with Crippen molar-refractivity contribution in [1.29, 1.82) is 0 Å². The molecule has 0 bridgehead atoms. The van der Waals surface area contributed by atoms with Gasteiger partial charge in [0, 0.05) is 25.4 Å². The Balaban J connectivity index is 0.000000572. The van der Waals surface area contributed by atoms with Crippen LogP contribution in [0.3, 0.4) is 0 Å². The number of rotatable bonds is 7. The van der Waals surface area contributed by atoms with Gasteiger partial charge in [-0.2, -0.15) is 13.2 Å². The summed E-state index contributed by atoms with van der Waals surface area (Å²) in [5.41, 5.74) is 0.818. The Labute approximate surface area is 205 Å². The SMILES string of the molecule is Cc1cc(CNS(=O)(=O)c2cc(S(C)(=O)=O)ccc2N[C@@H]2CN(C)C[C@H]2O)on1.O=C(O)C(F)(F)F. The molecule has 1 fully saturated rings. The standard InChI is InChI=1S/C17H24N4O6S2.C2HF3O2/c1-11-6-12(27-20-11)8-18-29(25,26)17-7-13(28(3,23)24)4-5-14(17)19-15-9-21(2)10-16(15)22;3-2(4,5)1(6)7/h4-7,15-16,18-19,22H,8-10H2,1-3H3;(H,6,7)/t15-,16-;/m1./s1. The first-order valence-electron chi connectivity index (χ1n) is 10.1. The number of benzene rings is 1. The minimum absolute atomic E-state index is 0.122. The normalized spacial score (nSPS) is 19.0. The van der Waals surface area contributed by atoms with Crippen LogP contribution in [0.1, 0.15) is 11.5 Å². The molecule has 1 aliphatic rings. The van der Waals surface area contributed by atoms with Gasteiger partial charge in [-0.3, -0.25) is 0 Å². The molecular formula is C19H25F3N4O8S2. The van der Waals surface area contributed by atoms with Crippen molar-refractivity contribution in [2.24, 2.45) is 0 Å². The molecule has 0 aliphatic carbocycles. The Morgan fingerprint density at radius 3 is 2.28 bits per heavy atom. The van der Waals surface area contributed by atoms with Crippen LogP contribution >= 0.6 is 0 Å². The molecular weight excluding hydrogens is 533 g/mol. The summed E-state index contributed by atoms with van der Waals surface area (Å²) < 4.78 is 88.9. The number of sulfone groups is 1. The Kier molecular flexibility index (Phi) is 9.11. The average molecular weight is 559 g/mol. The summed E-state index contributed by atoms with van der Waals surface area (Å²) in [6, 6.07) is 5.04. The van der Waals surface area contributed by atoms with E-state index in [1.54, 1.807) is 13.0 Å². The molecule has 0 spiro atoms. The number of aliphatic hydroxyl groups excluding tert-OH is 1. The highest BCUT2D eigenvalue weighted by Gasteiger charge is 2.38. The second-order valence-corrected chi connectivity index (χ2v) is 11.8. The van der Waals surface area contributed by atoms with Crippen LogP contribution in [0.2, 0.25) is 0 Å². The van der Waals surface area contributed by atoms with Gasteiger partial charge in [-0.25, -0.2) is 26.4 Å². The predicted octanol–water partition coefficient (Wildman–Crippen LogP) is 0.585. The number of aliphatic carboxylic acids is 1. The van der Waals surface area contributed by atoms with Crippen molar-refractivity contribution in [2.45, 2.75) is 41.6 Å². The van der Waals surface area contributed by atoms with Crippen LogP contribution in [0.25, 0.3) is 0 Å². The number of alkyl halides is 3. The molecule has 4 N–H and O–H groups in total. The number of hydrogen-bond donors (Lipinski definition) is 4. The van der Waals surface area contributed by atoms with Gasteiger partial charge >= 0.3 is 12.1 Å². The maximum absolute atomic E-state index is 13.0. The molecule has 1 aromatic carbocycles. The zero-order valence-electron chi connectivity index (χ0n) is 19.3. The summed E-state index contributed by atoms with van der Waals surface area (Å²) in [7, 11) is -5.87. The molecule has 0 amide bonds. The van der Waals surface area contributed by atoms with E-state index in [0.717, 1.165) is 12.3 Å². The highest BCUT2D eigenvalue weighted by atomic mass is 32.2. The third-order valence-electron chi connectivity index (χ3n) is 4.84. The molecule has 2 atom stereocenters. The summed E-state index contributed by atoms with van der Waals surface area (Å²) in [6.07, 6.45) is -4.76. The van der Waals surface area contributed by atoms with Crippen LogP contribution in [-0.4, -0.2) is 87.8 Å². The van der Waals surface area contributed by atoms with Crippen LogP contribution in [0.4, 0.5) is 18.9 Å². The lowest BCUT2D eigenvalue weighted by Crippen LogP contribution is -2.33. The first-order chi connectivity index (χ1) is 16.4. The molecule has 1 saturated heterocycles. The molecule has 17 heteroatoms. The molecule has 36 heavy (non-hydrogen) atoms. The lowest BCUT2D eigenvalue weighted by Gasteiger charge is -2.20. The molecule has 0 saturated carbocycles. The fourth-order valence-corrected chi connectivity index (χ4v) is 5.05. The van der Waals surface area contributed by atoms with E-state index in [-0.39, 0.29) is 22.0 Å². The number of aryl methyl sites for hydroxylation is 1. The van der Waals surface area contributed by atoms with E-state index in [0.29, 0.717) is 24.5 Å². The quantitative estimate of drug-likeness (QED) is 0.374. The topological polar surface area (TPSA) is 179 Å². The number of aromatic nitrogens is 1. The van der Waals surface area contributed by atoms with Gasteiger partial charge < -0.3 is 25.0 Å². The van der Waals surface area contributed by atoms with Gasteiger partial charge in [0.2, 0.25) is 10.0 Å². The van der Waals surface area contributed by atoms with E-state index >= 15 is 0 Å². The van der Waals surface area contributed by atoms with Gasteiger partial charge in [-0.15, -0.1) is 0 Å². The minimum atomic E-state index is -5.08. The first-order valence-corrected chi connectivity index (χ1v) is 13.5. The molecule has 1 aliphatic heterocycles. The monoisotopic (exact) mass is 558 g/mol. The number of likely N-dealkylation sites (N-methyl/N-ethyl adjacent to an activating group) is 1. The van der Waals surface area contributed by atoms with E-state index in [4.69, 9.17) is 14.4 Å². The molecule has 0 unspecified atom stereocenters. The second-order valence-electron chi connectivity index (χ2n) is 8.03. The predicted molar refractivity (Wildman–Crippen MR) is 119 cm³/mol. The van der Waals surface area contributed by atoms with Gasteiger partial charge in [0.25, 0.3) is 0 Å². The lowest BCUT2D eigenvalue weighted by molar-refractivity contribution is -0.192. The average Bonchev–Trinajstić information content (AvgIpc) is 3.29. The maximum Gasteiger partial charge on any atom is 0.490 e. The molecule has 1 aromatic heterocycles. The molecule has 2 heterocycles. The van der Waals surface area contributed by atoms with Crippen molar-refractivity contribution < 1.29 is 49.5 Å². The summed E-state index contributed by atoms with van der Waals surface area (Å²) in [5, 5.41) is 24.0. The van der Waals surface area contributed by atoms with Crippen molar-refractivity contribution in [3.8, 4) is 0 Å². The Morgan fingerprint density at radius 2 is 1.83 bits per heavy atom. The Hall–Kier alpha value is -2.73. The number of sulfonamides is 1. The zero-order valence-corrected chi connectivity index (χ0v) is 20.9. The fourth-order valence-electron chi connectivity index (χ4n) is 3.14. The lowest BCUT2D eigenvalue weighted by atomic mass is 10.2. The van der Waals surface area contributed by atoms with Crippen molar-refractivity contribution in [1.82, 2.24) is 14.8 Å². The van der Waals surface area contributed by atoms with E-state index in [1.165, 1.54) is 12.1 Å². The Bertz CT molecular complexity index is 1300. The minimum Gasteiger partial charge on any atom is -0.475 e. The van der Waals surface area contributed by atoms with E-state index < -0.39 is 44.2 Å². The van der Waals surface area contributed by atoms with Gasteiger partial charge in [-0.05, 0) is 32.2 Å². The van der Waals surface area contributed by atoms with Crippen molar-refractivity contribution in [3.05, 3.63) is 35.7 Å². The number of β-amino-alcohol motifs (C(OH)–C–C–N with tert-alkyl or cyclic N) is 1. The Morgan fingerprint density at radius 1 is 1.22 bits per heavy atom. The number of likely N-dealkylation sites (tertiary alicyclic amines) is 1. The van der Waals surface area contributed by atoms with Crippen LogP contribution < -0.4 is 10.0 Å². The number of aliphatic hydroxyl groups is 1. The number of halogens is 3. The van der Waals surface area contributed by atoms with E-state index in [1.807, 2.05) is 11.9 Å². The van der Waals surface area contributed by atoms with Crippen LogP contribution in [0.15, 0.2) is 38.6 Å². The number of nitrogens with zero attached hydrogens (tertiary/aromatic N) is 2. The van der Waals surface area contributed by atoms with Gasteiger partial charge in [0.05, 0.1) is 35.0 Å². The first kappa shape index (κ1) is 29.5. The molecule has 3 rings (SSSR count). The van der Waals surface area contributed by atoms with Crippen LogP contribution in [0, 0.1) is 6.92 Å². The highest BCUT2D eigenvalue weighted by molar-refractivity contribution is 7.91. The summed E-state index contributed by atoms with van der Waals surface area (Å²) in [6.45, 7) is 2.53. The molecule has 0 radical (unpaired) electrons. The number of carboxylic acid groups (broad SMARTS) is 1. The summed E-state index contributed by atoms with van der Waals surface area (Å²) >= 11 is 0. The highest BCUT2D eigenvalue weighted by Crippen LogP contribution is 2.27.